The molecule has 196 valence electrons. The zero-order valence-corrected chi connectivity index (χ0v) is 22.5. The van der Waals surface area contributed by atoms with Gasteiger partial charge in [0.15, 0.2) is 0 Å². The minimum Gasteiger partial charge on any atom is -0.378 e. The largest absolute Gasteiger partial charge is 0.378 e. The van der Waals surface area contributed by atoms with Crippen LogP contribution in [0.5, 0.6) is 0 Å². The van der Waals surface area contributed by atoms with E-state index in [2.05, 4.69) is 13.8 Å². The van der Waals surface area contributed by atoms with Crippen molar-refractivity contribution in [3.05, 3.63) is 0 Å². The van der Waals surface area contributed by atoms with Crippen molar-refractivity contribution in [2.45, 2.75) is 180 Å². The van der Waals surface area contributed by atoms with Crippen LogP contribution in [0.3, 0.4) is 0 Å². The first-order valence-corrected chi connectivity index (χ1v) is 15.2. The number of ether oxygens (including phenoxy) is 3. The quantitative estimate of drug-likeness (QED) is 0.133. The average molecular weight is 467 g/mol. The summed E-state index contributed by atoms with van der Waals surface area (Å²) in [5.41, 5.74) is 0. The van der Waals surface area contributed by atoms with Crippen LogP contribution in [0.2, 0.25) is 0 Å². The van der Waals surface area contributed by atoms with Gasteiger partial charge in [-0.3, -0.25) is 0 Å². The van der Waals surface area contributed by atoms with E-state index in [0.29, 0.717) is 24.4 Å². The molecule has 4 atom stereocenters. The number of hydrogen-bond donors (Lipinski definition) is 0. The molecule has 3 heteroatoms. The molecular weight excluding hydrogens is 408 g/mol. The molecule has 0 aromatic heterocycles. The Labute approximate surface area is 207 Å². The summed E-state index contributed by atoms with van der Waals surface area (Å²) in [5.74, 6) is 0. The molecule has 0 radical (unpaired) electrons. The molecule has 3 nitrogen and oxygen atoms in total. The van der Waals surface area contributed by atoms with Crippen molar-refractivity contribution in [1.29, 1.82) is 0 Å². The van der Waals surface area contributed by atoms with Crippen molar-refractivity contribution >= 4 is 0 Å². The molecular formula is C30H58O3. The SMILES string of the molecule is CCCCCCCC(CCCCC1CCO1)OC(CCCCCCC)CCCCC1CCO1. The molecule has 0 aliphatic carbocycles. The molecule has 33 heavy (non-hydrogen) atoms. The third kappa shape index (κ3) is 14.8. The van der Waals surface area contributed by atoms with E-state index in [1.54, 1.807) is 0 Å². The predicted octanol–water partition coefficient (Wildman–Crippen LogP) is 9.16. The fourth-order valence-corrected chi connectivity index (χ4v) is 5.30. The lowest BCUT2D eigenvalue weighted by Crippen LogP contribution is -2.27. The van der Waals surface area contributed by atoms with Crippen molar-refractivity contribution in [2.24, 2.45) is 0 Å². The molecule has 0 N–H and O–H groups in total. The lowest BCUT2D eigenvalue weighted by molar-refractivity contribution is -0.0592. The summed E-state index contributed by atoms with van der Waals surface area (Å²) in [6.45, 7) is 6.59. The molecule has 2 heterocycles. The minimum atomic E-state index is 0.476. The molecule has 2 aliphatic rings. The highest BCUT2D eigenvalue weighted by Gasteiger charge is 2.20. The normalized spacial score (nSPS) is 22.0. The van der Waals surface area contributed by atoms with Crippen molar-refractivity contribution in [2.75, 3.05) is 13.2 Å². The summed E-state index contributed by atoms with van der Waals surface area (Å²) in [4.78, 5) is 0. The Hall–Kier alpha value is -0.120. The fourth-order valence-electron chi connectivity index (χ4n) is 5.30. The van der Waals surface area contributed by atoms with E-state index in [9.17, 15) is 0 Å². The van der Waals surface area contributed by atoms with Gasteiger partial charge in [-0.1, -0.05) is 104 Å². The topological polar surface area (TPSA) is 27.7 Å². The molecule has 2 saturated heterocycles. The highest BCUT2D eigenvalue weighted by atomic mass is 16.5. The fraction of sp³-hybridized carbons (Fsp3) is 1.00. The van der Waals surface area contributed by atoms with Crippen LogP contribution >= 0.6 is 0 Å². The van der Waals surface area contributed by atoms with Gasteiger partial charge in [0.05, 0.1) is 24.4 Å². The highest BCUT2D eigenvalue weighted by Crippen LogP contribution is 2.25. The molecule has 4 unspecified atom stereocenters. The van der Waals surface area contributed by atoms with E-state index in [1.807, 2.05) is 0 Å². The first-order chi connectivity index (χ1) is 16.3. The Morgan fingerprint density at radius 2 is 0.909 bits per heavy atom. The van der Waals surface area contributed by atoms with Gasteiger partial charge < -0.3 is 14.2 Å². The molecule has 0 aromatic rings. The van der Waals surface area contributed by atoms with Crippen LogP contribution in [0.1, 0.15) is 155 Å². The molecule has 0 bridgehead atoms. The van der Waals surface area contributed by atoms with Crippen LogP contribution in [-0.2, 0) is 14.2 Å². The lowest BCUT2D eigenvalue weighted by atomic mass is 9.98. The Morgan fingerprint density at radius 3 is 1.24 bits per heavy atom. The first-order valence-electron chi connectivity index (χ1n) is 15.2. The summed E-state index contributed by atoms with van der Waals surface area (Å²) in [6, 6.07) is 0. The number of hydrogen-bond acceptors (Lipinski definition) is 3. The molecule has 0 amide bonds. The van der Waals surface area contributed by atoms with Gasteiger partial charge in [0.25, 0.3) is 0 Å². The highest BCUT2D eigenvalue weighted by molar-refractivity contribution is 4.71. The summed E-state index contributed by atoms with van der Waals surface area (Å²) >= 11 is 0. The second-order valence-corrected chi connectivity index (χ2v) is 10.9. The van der Waals surface area contributed by atoms with Crippen molar-refractivity contribution in [3.63, 3.8) is 0 Å². The van der Waals surface area contributed by atoms with Crippen LogP contribution < -0.4 is 0 Å². The zero-order valence-electron chi connectivity index (χ0n) is 22.5. The van der Waals surface area contributed by atoms with Crippen LogP contribution in [0.4, 0.5) is 0 Å². The molecule has 0 aromatic carbocycles. The van der Waals surface area contributed by atoms with Crippen LogP contribution in [-0.4, -0.2) is 37.6 Å². The van der Waals surface area contributed by atoms with Gasteiger partial charge in [0.2, 0.25) is 0 Å². The van der Waals surface area contributed by atoms with E-state index < -0.39 is 0 Å². The van der Waals surface area contributed by atoms with E-state index in [0.717, 1.165) is 13.2 Å². The zero-order chi connectivity index (χ0) is 23.4. The van der Waals surface area contributed by atoms with Crippen LogP contribution in [0, 0.1) is 0 Å². The van der Waals surface area contributed by atoms with Crippen molar-refractivity contribution < 1.29 is 14.2 Å². The third-order valence-electron chi connectivity index (χ3n) is 7.84. The Kier molecular flexibility index (Phi) is 17.7. The maximum atomic E-state index is 6.90. The summed E-state index contributed by atoms with van der Waals surface area (Å²) in [6.07, 6.45) is 31.1. The van der Waals surface area contributed by atoms with Crippen LogP contribution in [0.25, 0.3) is 0 Å². The number of unbranched alkanes of at least 4 members (excludes halogenated alkanes) is 10. The molecule has 2 rings (SSSR count). The summed E-state index contributed by atoms with van der Waals surface area (Å²) in [5, 5.41) is 0. The second-order valence-electron chi connectivity index (χ2n) is 10.9. The van der Waals surface area contributed by atoms with Gasteiger partial charge in [-0.25, -0.2) is 0 Å². The van der Waals surface area contributed by atoms with Gasteiger partial charge >= 0.3 is 0 Å². The van der Waals surface area contributed by atoms with E-state index in [1.165, 1.54) is 141 Å². The van der Waals surface area contributed by atoms with E-state index >= 15 is 0 Å². The van der Waals surface area contributed by atoms with E-state index in [4.69, 9.17) is 14.2 Å². The Morgan fingerprint density at radius 1 is 0.545 bits per heavy atom. The Balaban J connectivity index is 1.72. The first kappa shape index (κ1) is 29.1. The van der Waals surface area contributed by atoms with Gasteiger partial charge in [-0.2, -0.15) is 0 Å². The third-order valence-corrected chi connectivity index (χ3v) is 7.84. The van der Waals surface area contributed by atoms with E-state index in [-0.39, 0.29) is 0 Å². The second kappa shape index (κ2) is 20.1. The van der Waals surface area contributed by atoms with Crippen molar-refractivity contribution in [1.82, 2.24) is 0 Å². The molecule has 2 aliphatic heterocycles. The lowest BCUT2D eigenvalue weighted by Gasteiger charge is -2.28. The van der Waals surface area contributed by atoms with Crippen molar-refractivity contribution in [3.8, 4) is 0 Å². The summed E-state index contributed by atoms with van der Waals surface area (Å²) in [7, 11) is 0. The van der Waals surface area contributed by atoms with Gasteiger partial charge in [0, 0.05) is 13.2 Å². The van der Waals surface area contributed by atoms with Gasteiger partial charge in [-0.15, -0.1) is 0 Å². The predicted molar refractivity (Wildman–Crippen MR) is 141 cm³/mol. The standard InChI is InChI=1S/C30H58O3/c1-3-5-7-9-11-19-29(21-15-13-17-27-23-25-31-27)33-30(20-12-10-8-6-4-2)22-16-14-18-28-24-26-32-28/h27-30H,3-26H2,1-2H3. The molecule has 0 spiro atoms. The molecule has 2 fully saturated rings. The van der Waals surface area contributed by atoms with Crippen LogP contribution in [0.15, 0.2) is 0 Å². The molecule has 0 saturated carbocycles. The van der Waals surface area contributed by atoms with Gasteiger partial charge in [0.1, 0.15) is 0 Å². The smallest absolute Gasteiger partial charge is 0.0597 e. The summed E-state index contributed by atoms with van der Waals surface area (Å²) < 4.78 is 18.1. The van der Waals surface area contributed by atoms with Gasteiger partial charge in [-0.05, 0) is 51.4 Å². The number of rotatable bonds is 24. The monoisotopic (exact) mass is 466 g/mol. The Bertz CT molecular complexity index is 381. The maximum Gasteiger partial charge on any atom is 0.0597 e. The maximum absolute atomic E-state index is 6.90. The minimum absolute atomic E-state index is 0.476. The average Bonchev–Trinajstić information content (AvgIpc) is 2.75.